The van der Waals surface area contributed by atoms with Crippen LogP contribution in [0.1, 0.15) is 20.7 Å². The Morgan fingerprint density at radius 2 is 1.53 bits per heavy atom. The highest BCUT2D eigenvalue weighted by Gasteiger charge is 2.29. The molecule has 176 valence electrons. The fourth-order valence-corrected chi connectivity index (χ4v) is 2.48. The molecule has 0 spiro atoms. The Hall–Kier alpha value is -3.06. The van der Waals surface area contributed by atoms with Gasteiger partial charge in [-0.1, -0.05) is 18.2 Å². The molecule has 0 unspecified atom stereocenters. The molecule has 0 aliphatic rings. The third-order valence-corrected chi connectivity index (χ3v) is 4.26. The third-order valence-electron chi connectivity index (χ3n) is 4.26. The van der Waals surface area contributed by atoms with Crippen molar-refractivity contribution in [3.05, 3.63) is 59.7 Å². The van der Waals surface area contributed by atoms with Crippen molar-refractivity contribution in [1.82, 2.24) is 5.32 Å². The molecule has 11 nitrogen and oxygen atoms in total. The second-order valence-electron chi connectivity index (χ2n) is 6.71. The van der Waals surface area contributed by atoms with Crippen molar-refractivity contribution in [3.63, 3.8) is 0 Å². The number of carbonyl (C=O) groups excluding carboxylic acids is 1. The predicted molar refractivity (Wildman–Crippen MR) is 115 cm³/mol. The number of likely N-dealkylation sites (N-methyl/N-ethyl adjacent to an activating group) is 1. The first-order valence-electron chi connectivity index (χ1n) is 9.52. The maximum Gasteiger partial charge on any atom is 0.339 e. The summed E-state index contributed by atoms with van der Waals surface area (Å²) in [7, 11) is 1.57. The summed E-state index contributed by atoms with van der Waals surface area (Å²) in [6.07, 6.45) is -5.65. The van der Waals surface area contributed by atoms with E-state index in [4.69, 9.17) is 25.5 Å². The number of aromatic hydroxyl groups is 1. The van der Waals surface area contributed by atoms with Crippen LogP contribution in [-0.4, -0.2) is 92.2 Å². The van der Waals surface area contributed by atoms with Gasteiger partial charge in [0.15, 0.2) is 0 Å². The van der Waals surface area contributed by atoms with E-state index in [1.165, 1.54) is 18.2 Å². The van der Waals surface area contributed by atoms with Gasteiger partial charge in [0.1, 0.15) is 29.6 Å². The van der Waals surface area contributed by atoms with Crippen LogP contribution in [0.2, 0.25) is 0 Å². The van der Waals surface area contributed by atoms with Gasteiger partial charge in [-0.2, -0.15) is 0 Å². The number of carbonyl (C=O) groups is 2. The summed E-state index contributed by atoms with van der Waals surface area (Å²) in [4.78, 5) is 22.6. The SMILES string of the molecule is CNC[C@H](O)[C@@H](O)[C@H](O)[C@H](O)CO.O=C(Nc1ccc(C(=O)O)c(O)c1)c1ccccc1. The number of anilines is 1. The Balaban J connectivity index is 0.000000347. The average Bonchev–Trinajstić information content (AvgIpc) is 2.78. The van der Waals surface area contributed by atoms with E-state index in [1.54, 1.807) is 37.4 Å². The molecule has 0 aromatic heterocycles. The van der Waals surface area contributed by atoms with E-state index >= 15 is 0 Å². The van der Waals surface area contributed by atoms with Gasteiger partial charge in [0.2, 0.25) is 0 Å². The molecule has 0 fully saturated rings. The summed E-state index contributed by atoms with van der Waals surface area (Å²) >= 11 is 0. The molecule has 2 aromatic rings. The quantitative estimate of drug-likeness (QED) is 0.227. The van der Waals surface area contributed by atoms with E-state index in [-0.39, 0.29) is 18.0 Å². The minimum atomic E-state index is -1.55. The Kier molecular flexibility index (Phi) is 11.3. The molecule has 0 saturated heterocycles. The second-order valence-corrected chi connectivity index (χ2v) is 6.71. The number of amides is 1. The molecule has 32 heavy (non-hydrogen) atoms. The molecule has 0 aliphatic heterocycles. The van der Waals surface area contributed by atoms with E-state index in [1.807, 2.05) is 0 Å². The van der Waals surface area contributed by atoms with Crippen molar-refractivity contribution in [2.45, 2.75) is 24.4 Å². The molecular weight excluding hydrogens is 424 g/mol. The van der Waals surface area contributed by atoms with E-state index in [9.17, 15) is 19.8 Å². The van der Waals surface area contributed by atoms with Crippen LogP contribution in [0.15, 0.2) is 48.5 Å². The van der Waals surface area contributed by atoms with Crippen molar-refractivity contribution in [3.8, 4) is 5.75 Å². The number of phenols is 1. The topological polar surface area (TPSA) is 200 Å². The molecule has 11 heteroatoms. The summed E-state index contributed by atoms with van der Waals surface area (Å²) in [5, 5.41) is 68.3. The zero-order chi connectivity index (χ0) is 24.3. The highest BCUT2D eigenvalue weighted by atomic mass is 16.4. The molecule has 0 saturated carbocycles. The fourth-order valence-electron chi connectivity index (χ4n) is 2.48. The van der Waals surface area contributed by atoms with Crippen molar-refractivity contribution in [2.75, 3.05) is 25.5 Å². The molecule has 1 amide bonds. The fraction of sp³-hybridized carbons (Fsp3) is 0.333. The number of hydrogen-bond donors (Lipinski definition) is 9. The highest BCUT2D eigenvalue weighted by molar-refractivity contribution is 6.04. The van der Waals surface area contributed by atoms with E-state index in [2.05, 4.69) is 10.6 Å². The molecular formula is C21H28N2O9. The zero-order valence-electron chi connectivity index (χ0n) is 17.3. The summed E-state index contributed by atoms with van der Waals surface area (Å²) < 4.78 is 0. The normalized spacial score (nSPS) is 14.3. The molecule has 0 heterocycles. The smallest absolute Gasteiger partial charge is 0.339 e. The van der Waals surface area contributed by atoms with Crippen LogP contribution in [0.5, 0.6) is 5.75 Å². The van der Waals surface area contributed by atoms with Crippen LogP contribution in [0.3, 0.4) is 0 Å². The molecule has 2 rings (SSSR count). The number of carboxylic acids is 1. The van der Waals surface area contributed by atoms with Gasteiger partial charge in [0.05, 0.1) is 12.7 Å². The number of aromatic carboxylic acids is 1. The number of nitrogens with one attached hydrogen (secondary N) is 2. The monoisotopic (exact) mass is 452 g/mol. The number of rotatable bonds is 9. The van der Waals surface area contributed by atoms with Gasteiger partial charge < -0.3 is 46.4 Å². The zero-order valence-corrected chi connectivity index (χ0v) is 17.3. The van der Waals surface area contributed by atoms with E-state index < -0.39 is 42.7 Å². The standard InChI is InChI=1S/C14H11NO4.C7H17NO5/c16-12-8-10(6-7-11(12)14(18)19)15-13(17)9-4-2-1-3-5-9;1-8-2-4(10)6(12)7(13)5(11)3-9/h1-8,16H,(H,15,17)(H,18,19);4-13H,2-3H2,1H3/t;4-,5+,6+,7+/m.0/s1. The first-order chi connectivity index (χ1) is 15.1. The lowest BCUT2D eigenvalue weighted by Crippen LogP contribution is -2.48. The first kappa shape index (κ1) is 27.0. The molecule has 4 atom stereocenters. The predicted octanol–water partition coefficient (Wildman–Crippen LogP) is -1.02. The lowest BCUT2D eigenvalue weighted by atomic mass is 10.0. The van der Waals surface area contributed by atoms with Gasteiger partial charge >= 0.3 is 5.97 Å². The van der Waals surface area contributed by atoms with Crippen LogP contribution < -0.4 is 10.6 Å². The summed E-state index contributed by atoms with van der Waals surface area (Å²) in [6, 6.07) is 12.4. The maximum absolute atomic E-state index is 11.8. The number of benzene rings is 2. The van der Waals surface area contributed by atoms with Crippen LogP contribution in [-0.2, 0) is 0 Å². The van der Waals surface area contributed by atoms with Crippen LogP contribution in [0.4, 0.5) is 5.69 Å². The highest BCUT2D eigenvalue weighted by Crippen LogP contribution is 2.22. The van der Waals surface area contributed by atoms with Crippen molar-refractivity contribution in [2.24, 2.45) is 0 Å². The van der Waals surface area contributed by atoms with Gasteiger partial charge in [-0.25, -0.2) is 4.79 Å². The summed E-state index contributed by atoms with van der Waals surface area (Å²) in [5.41, 5.74) is 0.596. The van der Waals surface area contributed by atoms with Crippen molar-refractivity contribution in [1.29, 1.82) is 0 Å². The molecule has 2 aromatic carbocycles. The number of aliphatic hydroxyl groups is 5. The minimum absolute atomic E-state index is 0.0936. The molecule has 9 N–H and O–H groups in total. The van der Waals surface area contributed by atoms with Gasteiger partial charge in [0, 0.05) is 23.9 Å². The lowest BCUT2D eigenvalue weighted by Gasteiger charge is -2.25. The largest absolute Gasteiger partial charge is 0.507 e. The lowest BCUT2D eigenvalue weighted by molar-refractivity contribution is -0.113. The minimum Gasteiger partial charge on any atom is -0.507 e. The maximum atomic E-state index is 11.8. The van der Waals surface area contributed by atoms with Crippen LogP contribution in [0.25, 0.3) is 0 Å². The Bertz CT molecular complexity index is 864. The van der Waals surface area contributed by atoms with Gasteiger partial charge in [0.25, 0.3) is 5.91 Å². The Morgan fingerprint density at radius 3 is 2.03 bits per heavy atom. The van der Waals surface area contributed by atoms with Crippen LogP contribution in [0, 0.1) is 0 Å². The average molecular weight is 452 g/mol. The van der Waals surface area contributed by atoms with Gasteiger partial charge in [-0.05, 0) is 31.3 Å². The number of aliphatic hydroxyl groups excluding tert-OH is 5. The van der Waals surface area contributed by atoms with Crippen LogP contribution >= 0.6 is 0 Å². The molecule has 0 bridgehead atoms. The van der Waals surface area contributed by atoms with Crippen molar-refractivity contribution >= 4 is 17.6 Å². The van der Waals surface area contributed by atoms with Crippen molar-refractivity contribution < 1.29 is 45.3 Å². The molecule has 0 aliphatic carbocycles. The Morgan fingerprint density at radius 1 is 0.938 bits per heavy atom. The van der Waals surface area contributed by atoms with E-state index in [0.29, 0.717) is 11.3 Å². The number of hydrogen-bond acceptors (Lipinski definition) is 9. The van der Waals surface area contributed by atoms with E-state index in [0.717, 1.165) is 0 Å². The second kappa shape index (κ2) is 13.4. The first-order valence-corrected chi connectivity index (χ1v) is 9.52. The third kappa shape index (κ3) is 8.23. The molecule has 0 radical (unpaired) electrons. The summed E-state index contributed by atoms with van der Waals surface area (Å²) in [5.74, 6) is -1.94. The van der Waals surface area contributed by atoms with Gasteiger partial charge in [-0.3, -0.25) is 4.79 Å². The number of carboxylic acid groups (broad SMARTS) is 1. The Labute approximate surface area is 184 Å². The summed E-state index contributed by atoms with van der Waals surface area (Å²) in [6.45, 7) is -0.569. The van der Waals surface area contributed by atoms with Gasteiger partial charge in [-0.15, -0.1) is 0 Å².